The minimum Gasteiger partial charge on any atom is -0.349 e. The second-order valence-corrected chi connectivity index (χ2v) is 9.40. The fourth-order valence-corrected chi connectivity index (χ4v) is 3.57. The lowest BCUT2D eigenvalue weighted by Crippen LogP contribution is -2.49. The molecule has 0 saturated carbocycles. The molecule has 5 heteroatoms. The topological polar surface area (TPSA) is 49.4 Å². The van der Waals surface area contributed by atoms with Crippen molar-refractivity contribution in [3.63, 3.8) is 0 Å². The van der Waals surface area contributed by atoms with Crippen molar-refractivity contribution in [2.45, 2.75) is 32.4 Å². The SMILES string of the molecule is CC(C)(C)NC(=O)C(c1ccccc1)N(C(=O)/C=C/c1ccccc1)c1ccc(Br)cc1. The summed E-state index contributed by atoms with van der Waals surface area (Å²) in [5.74, 6) is -0.526. The number of anilines is 1. The highest BCUT2D eigenvalue weighted by atomic mass is 79.9. The summed E-state index contributed by atoms with van der Waals surface area (Å²) >= 11 is 3.45. The molecule has 0 aliphatic rings. The van der Waals surface area contributed by atoms with Crippen LogP contribution in [0.25, 0.3) is 6.08 Å². The summed E-state index contributed by atoms with van der Waals surface area (Å²) in [5.41, 5.74) is 1.83. The number of carbonyl (C=O) groups is 2. The van der Waals surface area contributed by atoms with Gasteiger partial charge in [0.1, 0.15) is 6.04 Å². The lowest BCUT2D eigenvalue weighted by atomic mass is 10.0. The molecular formula is C27H27BrN2O2. The van der Waals surface area contributed by atoms with Gasteiger partial charge in [0.2, 0.25) is 5.91 Å². The molecule has 0 heterocycles. The van der Waals surface area contributed by atoms with Gasteiger partial charge in [0, 0.05) is 21.8 Å². The first-order valence-electron chi connectivity index (χ1n) is 10.4. The van der Waals surface area contributed by atoms with E-state index < -0.39 is 11.6 Å². The average Bonchev–Trinajstić information content (AvgIpc) is 2.76. The van der Waals surface area contributed by atoms with Crippen molar-refractivity contribution in [1.29, 1.82) is 0 Å². The van der Waals surface area contributed by atoms with E-state index in [4.69, 9.17) is 0 Å². The third kappa shape index (κ3) is 6.41. The molecule has 164 valence electrons. The Labute approximate surface area is 198 Å². The van der Waals surface area contributed by atoms with Crippen LogP contribution in [0.4, 0.5) is 5.69 Å². The van der Waals surface area contributed by atoms with E-state index in [2.05, 4.69) is 21.2 Å². The maximum Gasteiger partial charge on any atom is 0.252 e. The fourth-order valence-electron chi connectivity index (χ4n) is 3.31. The molecule has 2 amide bonds. The zero-order valence-corrected chi connectivity index (χ0v) is 20.0. The van der Waals surface area contributed by atoms with Crippen LogP contribution in [-0.4, -0.2) is 17.4 Å². The Bertz CT molecular complexity index is 1070. The Morgan fingerprint density at radius 1 is 0.875 bits per heavy atom. The van der Waals surface area contributed by atoms with Gasteiger partial charge in [0.05, 0.1) is 0 Å². The maximum absolute atomic E-state index is 13.5. The number of amides is 2. The van der Waals surface area contributed by atoms with Gasteiger partial charge in [0.15, 0.2) is 0 Å². The predicted molar refractivity (Wildman–Crippen MR) is 134 cm³/mol. The zero-order valence-electron chi connectivity index (χ0n) is 18.5. The smallest absolute Gasteiger partial charge is 0.252 e. The normalized spacial score (nSPS) is 12.4. The van der Waals surface area contributed by atoms with Crippen LogP contribution in [0.3, 0.4) is 0 Å². The molecule has 1 unspecified atom stereocenters. The van der Waals surface area contributed by atoms with E-state index in [0.717, 1.165) is 15.6 Å². The highest BCUT2D eigenvalue weighted by Gasteiger charge is 2.33. The zero-order chi connectivity index (χ0) is 23.1. The second-order valence-electron chi connectivity index (χ2n) is 8.48. The van der Waals surface area contributed by atoms with Gasteiger partial charge in [0.25, 0.3) is 5.91 Å². The van der Waals surface area contributed by atoms with Crippen molar-refractivity contribution < 1.29 is 9.59 Å². The highest BCUT2D eigenvalue weighted by molar-refractivity contribution is 9.10. The van der Waals surface area contributed by atoms with E-state index in [1.54, 1.807) is 11.0 Å². The third-order valence-electron chi connectivity index (χ3n) is 4.68. The lowest BCUT2D eigenvalue weighted by Gasteiger charge is -2.33. The number of rotatable bonds is 6. The Kier molecular flexibility index (Phi) is 7.65. The molecule has 3 aromatic carbocycles. The number of benzene rings is 3. The minimum atomic E-state index is -0.829. The first-order valence-corrected chi connectivity index (χ1v) is 11.2. The molecule has 4 nitrogen and oxygen atoms in total. The Hall–Kier alpha value is -3.18. The summed E-state index contributed by atoms with van der Waals surface area (Å²) in [7, 11) is 0. The standard InChI is InChI=1S/C27H27BrN2O2/c1-27(2,3)29-26(32)25(21-12-8-5-9-13-21)30(23-17-15-22(28)16-18-23)24(31)19-14-20-10-6-4-7-11-20/h4-19,25H,1-3H3,(H,29,32)/b19-14+. The molecule has 3 rings (SSSR count). The van der Waals surface area contributed by atoms with Crippen molar-refractivity contribution in [2.75, 3.05) is 4.90 Å². The molecule has 0 aliphatic heterocycles. The number of nitrogens with one attached hydrogen (secondary N) is 1. The van der Waals surface area contributed by atoms with E-state index >= 15 is 0 Å². The molecule has 1 N–H and O–H groups in total. The van der Waals surface area contributed by atoms with Crippen LogP contribution >= 0.6 is 15.9 Å². The predicted octanol–water partition coefficient (Wildman–Crippen LogP) is 6.15. The monoisotopic (exact) mass is 490 g/mol. The Balaban J connectivity index is 2.08. The minimum absolute atomic E-state index is 0.243. The number of carbonyl (C=O) groups excluding carboxylic acids is 2. The molecule has 0 aliphatic carbocycles. The van der Waals surface area contributed by atoms with E-state index in [0.29, 0.717) is 5.69 Å². The van der Waals surface area contributed by atoms with Gasteiger partial charge in [-0.3, -0.25) is 14.5 Å². The van der Waals surface area contributed by atoms with Crippen LogP contribution in [0, 0.1) is 0 Å². The molecule has 3 aromatic rings. The summed E-state index contributed by atoms with van der Waals surface area (Å²) in [4.78, 5) is 28.6. The fraction of sp³-hybridized carbons (Fsp3) is 0.185. The summed E-state index contributed by atoms with van der Waals surface area (Å²) in [6.45, 7) is 5.77. The third-order valence-corrected chi connectivity index (χ3v) is 5.21. The Morgan fingerprint density at radius 3 is 2.00 bits per heavy atom. The molecule has 0 aromatic heterocycles. The van der Waals surface area contributed by atoms with Crippen molar-refractivity contribution in [1.82, 2.24) is 5.32 Å². The quantitative estimate of drug-likeness (QED) is 0.421. The number of hydrogen-bond acceptors (Lipinski definition) is 2. The van der Waals surface area contributed by atoms with E-state index in [1.807, 2.05) is 106 Å². The number of halogens is 1. The molecule has 32 heavy (non-hydrogen) atoms. The lowest BCUT2D eigenvalue weighted by molar-refractivity contribution is -0.126. The van der Waals surface area contributed by atoms with E-state index in [1.165, 1.54) is 6.08 Å². The summed E-state index contributed by atoms with van der Waals surface area (Å²) in [6, 6.07) is 25.5. The molecule has 0 spiro atoms. The van der Waals surface area contributed by atoms with Gasteiger partial charge in [-0.1, -0.05) is 76.6 Å². The largest absolute Gasteiger partial charge is 0.349 e. The summed E-state index contributed by atoms with van der Waals surface area (Å²) in [5, 5.41) is 3.04. The second kappa shape index (κ2) is 10.4. The van der Waals surface area contributed by atoms with Crippen LogP contribution < -0.4 is 10.2 Å². The molecule has 1 atom stereocenters. The average molecular weight is 491 g/mol. The van der Waals surface area contributed by atoms with Gasteiger partial charge in [-0.25, -0.2) is 0 Å². The summed E-state index contributed by atoms with van der Waals surface area (Å²) in [6.07, 6.45) is 3.27. The molecular weight excluding hydrogens is 464 g/mol. The van der Waals surface area contributed by atoms with Crippen molar-refractivity contribution in [2.24, 2.45) is 0 Å². The molecule has 0 bridgehead atoms. The van der Waals surface area contributed by atoms with Gasteiger partial charge < -0.3 is 5.32 Å². The molecule has 0 fully saturated rings. The van der Waals surface area contributed by atoms with Gasteiger partial charge in [-0.2, -0.15) is 0 Å². The first-order chi connectivity index (χ1) is 15.2. The van der Waals surface area contributed by atoms with Gasteiger partial charge in [-0.15, -0.1) is 0 Å². The summed E-state index contributed by atoms with van der Waals surface area (Å²) < 4.78 is 0.892. The van der Waals surface area contributed by atoms with Crippen LogP contribution in [0.1, 0.15) is 37.9 Å². The van der Waals surface area contributed by atoms with Crippen molar-refractivity contribution in [3.8, 4) is 0 Å². The van der Waals surface area contributed by atoms with Gasteiger partial charge >= 0.3 is 0 Å². The van der Waals surface area contributed by atoms with Crippen molar-refractivity contribution >= 4 is 39.5 Å². The van der Waals surface area contributed by atoms with Crippen LogP contribution in [0.5, 0.6) is 0 Å². The van der Waals surface area contributed by atoms with Gasteiger partial charge in [-0.05, 0) is 62.2 Å². The van der Waals surface area contributed by atoms with Crippen molar-refractivity contribution in [3.05, 3.63) is 107 Å². The molecule has 0 saturated heterocycles. The molecule has 0 radical (unpaired) electrons. The number of nitrogens with zero attached hydrogens (tertiary/aromatic N) is 1. The van der Waals surface area contributed by atoms with E-state index in [9.17, 15) is 9.59 Å². The van der Waals surface area contributed by atoms with Crippen LogP contribution in [0.15, 0.2) is 95.5 Å². The Morgan fingerprint density at radius 2 is 1.44 bits per heavy atom. The highest BCUT2D eigenvalue weighted by Crippen LogP contribution is 2.30. The van der Waals surface area contributed by atoms with Crippen LogP contribution in [0.2, 0.25) is 0 Å². The maximum atomic E-state index is 13.5. The number of hydrogen-bond donors (Lipinski definition) is 1. The van der Waals surface area contributed by atoms with Crippen LogP contribution in [-0.2, 0) is 9.59 Å². The first kappa shape index (κ1) is 23.5. The van der Waals surface area contributed by atoms with E-state index in [-0.39, 0.29) is 11.8 Å².